The van der Waals surface area contributed by atoms with Gasteiger partial charge >= 0.3 is 0 Å². The number of furan rings is 1. The summed E-state index contributed by atoms with van der Waals surface area (Å²) in [6, 6.07) is 5.12. The number of pyridine rings is 1. The molecule has 0 N–H and O–H groups in total. The van der Waals surface area contributed by atoms with Crippen LogP contribution in [0.2, 0.25) is 0 Å². The summed E-state index contributed by atoms with van der Waals surface area (Å²) in [5.41, 5.74) is 0.993. The maximum atomic E-state index is 12.3. The van der Waals surface area contributed by atoms with Crippen molar-refractivity contribution in [3.63, 3.8) is 0 Å². The molecule has 0 unspecified atom stereocenters. The van der Waals surface area contributed by atoms with Crippen molar-refractivity contribution in [1.29, 1.82) is 0 Å². The minimum Gasteiger partial charge on any atom is -0.480 e. The third-order valence-electron chi connectivity index (χ3n) is 2.49. The summed E-state index contributed by atoms with van der Waals surface area (Å²) in [6.07, 6.45) is 1.59. The highest BCUT2D eigenvalue weighted by molar-refractivity contribution is 6.11. The second-order valence-corrected chi connectivity index (χ2v) is 3.72. The Hall–Kier alpha value is -2.10. The van der Waals surface area contributed by atoms with Crippen LogP contribution in [0.25, 0.3) is 0 Å². The minimum absolute atomic E-state index is 0.135. The smallest absolute Gasteiger partial charge is 0.224 e. The van der Waals surface area contributed by atoms with E-state index in [1.54, 1.807) is 31.3 Å². The van der Waals surface area contributed by atoms with Gasteiger partial charge in [0.05, 0.1) is 18.2 Å². The van der Waals surface area contributed by atoms with Crippen molar-refractivity contribution in [3.05, 3.63) is 47.0 Å². The molecule has 0 aliphatic heterocycles. The van der Waals surface area contributed by atoms with Gasteiger partial charge in [-0.25, -0.2) is 4.98 Å². The zero-order valence-electron chi connectivity index (χ0n) is 9.98. The van der Waals surface area contributed by atoms with Gasteiger partial charge in [-0.15, -0.1) is 0 Å². The summed E-state index contributed by atoms with van der Waals surface area (Å²) in [6.45, 7) is 3.58. The molecule has 2 heterocycles. The zero-order chi connectivity index (χ0) is 12.4. The van der Waals surface area contributed by atoms with E-state index >= 15 is 0 Å². The highest BCUT2D eigenvalue weighted by atomic mass is 16.5. The molecule has 0 saturated carbocycles. The maximum absolute atomic E-state index is 12.3. The van der Waals surface area contributed by atoms with Crippen LogP contribution in [0.3, 0.4) is 0 Å². The van der Waals surface area contributed by atoms with Gasteiger partial charge in [0.25, 0.3) is 0 Å². The number of carbonyl (C=O) groups is 1. The average Bonchev–Trinajstić information content (AvgIpc) is 2.67. The maximum Gasteiger partial charge on any atom is 0.224 e. The van der Waals surface area contributed by atoms with Gasteiger partial charge in [-0.1, -0.05) is 0 Å². The minimum atomic E-state index is -0.135. The van der Waals surface area contributed by atoms with Crippen LogP contribution < -0.4 is 4.74 Å². The van der Waals surface area contributed by atoms with Crippen molar-refractivity contribution in [1.82, 2.24) is 4.98 Å². The molecule has 0 spiro atoms. The molecule has 0 atom stereocenters. The Morgan fingerprint density at radius 3 is 2.71 bits per heavy atom. The quantitative estimate of drug-likeness (QED) is 0.762. The van der Waals surface area contributed by atoms with Crippen molar-refractivity contribution < 1.29 is 13.9 Å². The third-order valence-corrected chi connectivity index (χ3v) is 2.49. The van der Waals surface area contributed by atoms with Crippen LogP contribution in [0.1, 0.15) is 27.4 Å². The molecular formula is C13H13NO3. The first-order valence-electron chi connectivity index (χ1n) is 5.24. The number of rotatable bonds is 3. The van der Waals surface area contributed by atoms with Gasteiger partial charge in [-0.05, 0) is 32.0 Å². The molecule has 0 radical (unpaired) electrons. The summed E-state index contributed by atoms with van der Waals surface area (Å²) in [5, 5.41) is 0. The van der Waals surface area contributed by atoms with E-state index in [-0.39, 0.29) is 5.78 Å². The van der Waals surface area contributed by atoms with E-state index in [0.29, 0.717) is 28.5 Å². The van der Waals surface area contributed by atoms with Gasteiger partial charge < -0.3 is 9.15 Å². The predicted octanol–water partition coefficient (Wildman–Crippen LogP) is 2.53. The predicted molar refractivity (Wildman–Crippen MR) is 62.4 cm³/mol. The monoisotopic (exact) mass is 231 g/mol. The standard InChI is InChI=1S/C13H13NO3/c1-8-7-11(9(2)17-8)12(15)10-5-4-6-14-13(10)16-3/h4-7H,1-3H3. The Bertz CT molecular complexity index is 558. The molecule has 0 fully saturated rings. The highest BCUT2D eigenvalue weighted by Gasteiger charge is 2.19. The Morgan fingerprint density at radius 1 is 1.35 bits per heavy atom. The molecular weight excluding hydrogens is 218 g/mol. The summed E-state index contributed by atoms with van der Waals surface area (Å²) in [4.78, 5) is 16.3. The van der Waals surface area contributed by atoms with Crippen molar-refractivity contribution in [2.24, 2.45) is 0 Å². The average molecular weight is 231 g/mol. The number of hydrogen-bond acceptors (Lipinski definition) is 4. The molecule has 2 aromatic heterocycles. The molecule has 2 rings (SSSR count). The number of ketones is 1. The van der Waals surface area contributed by atoms with Crippen LogP contribution in [0.15, 0.2) is 28.8 Å². The second-order valence-electron chi connectivity index (χ2n) is 3.72. The van der Waals surface area contributed by atoms with Gasteiger partial charge in [0.15, 0.2) is 0 Å². The van der Waals surface area contributed by atoms with E-state index in [2.05, 4.69) is 4.98 Å². The molecule has 2 aromatic rings. The topological polar surface area (TPSA) is 52.3 Å². The van der Waals surface area contributed by atoms with E-state index in [0.717, 1.165) is 0 Å². The van der Waals surface area contributed by atoms with Crippen LogP contribution in [-0.2, 0) is 0 Å². The fraction of sp³-hybridized carbons (Fsp3) is 0.231. The molecule has 4 nitrogen and oxygen atoms in total. The molecule has 0 bridgehead atoms. The number of aryl methyl sites for hydroxylation is 2. The lowest BCUT2D eigenvalue weighted by Gasteiger charge is -2.04. The molecule has 0 saturated heterocycles. The third kappa shape index (κ3) is 2.06. The lowest BCUT2D eigenvalue weighted by Crippen LogP contribution is -2.05. The van der Waals surface area contributed by atoms with E-state index in [1.165, 1.54) is 7.11 Å². The number of nitrogens with zero attached hydrogens (tertiary/aromatic N) is 1. The summed E-state index contributed by atoms with van der Waals surface area (Å²) in [7, 11) is 1.49. The largest absolute Gasteiger partial charge is 0.480 e. The zero-order valence-corrected chi connectivity index (χ0v) is 9.98. The van der Waals surface area contributed by atoms with Gasteiger partial charge in [0.1, 0.15) is 11.5 Å². The molecule has 4 heteroatoms. The summed E-state index contributed by atoms with van der Waals surface area (Å²) >= 11 is 0. The second kappa shape index (κ2) is 4.41. The molecule has 0 amide bonds. The lowest BCUT2D eigenvalue weighted by molar-refractivity contribution is 0.103. The normalized spacial score (nSPS) is 10.3. The molecule has 0 aliphatic carbocycles. The highest BCUT2D eigenvalue weighted by Crippen LogP contribution is 2.22. The number of aromatic nitrogens is 1. The van der Waals surface area contributed by atoms with Crippen molar-refractivity contribution in [2.75, 3.05) is 7.11 Å². The van der Waals surface area contributed by atoms with Gasteiger partial charge in [0.2, 0.25) is 11.7 Å². The first kappa shape index (κ1) is 11.4. The first-order chi connectivity index (χ1) is 8.13. The summed E-state index contributed by atoms with van der Waals surface area (Å²) in [5.74, 6) is 1.52. The number of hydrogen-bond donors (Lipinski definition) is 0. The summed E-state index contributed by atoms with van der Waals surface area (Å²) < 4.78 is 10.4. The van der Waals surface area contributed by atoms with Gasteiger partial charge in [-0.2, -0.15) is 0 Å². The fourth-order valence-electron chi connectivity index (χ4n) is 1.73. The van der Waals surface area contributed by atoms with Crippen molar-refractivity contribution in [3.8, 4) is 5.88 Å². The molecule has 0 aliphatic rings. The van der Waals surface area contributed by atoms with Gasteiger partial charge in [0, 0.05) is 6.20 Å². The van der Waals surface area contributed by atoms with E-state index in [1.807, 2.05) is 6.92 Å². The van der Waals surface area contributed by atoms with Crippen molar-refractivity contribution in [2.45, 2.75) is 13.8 Å². The van der Waals surface area contributed by atoms with E-state index in [4.69, 9.17) is 9.15 Å². The van der Waals surface area contributed by atoms with Crippen LogP contribution in [-0.4, -0.2) is 17.9 Å². The number of ether oxygens (including phenoxy) is 1. The van der Waals surface area contributed by atoms with E-state index in [9.17, 15) is 4.79 Å². The van der Waals surface area contributed by atoms with Crippen LogP contribution >= 0.6 is 0 Å². The Balaban J connectivity index is 2.47. The van der Waals surface area contributed by atoms with Crippen LogP contribution in [0.5, 0.6) is 5.88 Å². The first-order valence-corrected chi connectivity index (χ1v) is 5.24. The van der Waals surface area contributed by atoms with Crippen LogP contribution in [0.4, 0.5) is 0 Å². The van der Waals surface area contributed by atoms with Gasteiger partial charge in [-0.3, -0.25) is 4.79 Å². The molecule has 88 valence electrons. The Labute approximate surface area is 99.2 Å². The Kier molecular flexibility index (Phi) is 2.95. The molecule has 17 heavy (non-hydrogen) atoms. The molecule has 0 aromatic carbocycles. The Morgan fingerprint density at radius 2 is 2.12 bits per heavy atom. The van der Waals surface area contributed by atoms with Crippen molar-refractivity contribution >= 4 is 5.78 Å². The van der Waals surface area contributed by atoms with Crippen LogP contribution in [0, 0.1) is 13.8 Å². The lowest BCUT2D eigenvalue weighted by atomic mass is 10.1. The van der Waals surface area contributed by atoms with E-state index < -0.39 is 0 Å². The SMILES string of the molecule is COc1ncccc1C(=O)c1cc(C)oc1C. The number of methoxy groups -OCH3 is 1. The number of carbonyl (C=O) groups excluding carboxylic acids is 1. The fourth-order valence-corrected chi connectivity index (χ4v) is 1.73.